The van der Waals surface area contributed by atoms with Crippen LogP contribution < -0.4 is 5.32 Å². The van der Waals surface area contributed by atoms with E-state index in [-0.39, 0.29) is 6.04 Å². The Bertz CT molecular complexity index is 799. The highest BCUT2D eigenvalue weighted by molar-refractivity contribution is 5.86. The Morgan fingerprint density at radius 3 is 2.81 bits per heavy atom. The summed E-state index contributed by atoms with van der Waals surface area (Å²) in [4.78, 5) is 8.30. The van der Waals surface area contributed by atoms with Gasteiger partial charge in [0.05, 0.1) is 17.6 Å². The number of anilines is 1. The molecule has 0 aliphatic rings. The number of benzene rings is 1. The van der Waals surface area contributed by atoms with Gasteiger partial charge in [0.1, 0.15) is 23.8 Å². The maximum atomic E-state index is 13.8. The van der Waals surface area contributed by atoms with Crippen LogP contribution in [-0.2, 0) is 7.05 Å². The average Bonchev–Trinajstić information content (AvgIpc) is 2.81. The van der Waals surface area contributed by atoms with E-state index in [0.29, 0.717) is 17.0 Å². The lowest BCUT2D eigenvalue weighted by Gasteiger charge is -2.16. The second-order valence-electron chi connectivity index (χ2n) is 4.76. The van der Waals surface area contributed by atoms with Gasteiger partial charge in [0.15, 0.2) is 5.65 Å². The summed E-state index contributed by atoms with van der Waals surface area (Å²) in [5.74, 6) is -0.629. The van der Waals surface area contributed by atoms with E-state index in [1.807, 2.05) is 0 Å². The molecule has 5 nitrogen and oxygen atoms in total. The van der Waals surface area contributed by atoms with Crippen molar-refractivity contribution in [1.29, 1.82) is 0 Å². The highest BCUT2D eigenvalue weighted by atomic mass is 19.1. The second kappa shape index (κ2) is 5.08. The maximum absolute atomic E-state index is 13.8. The van der Waals surface area contributed by atoms with E-state index in [2.05, 4.69) is 20.4 Å². The number of hydrogen-bond donors (Lipinski definition) is 1. The molecule has 0 saturated heterocycles. The van der Waals surface area contributed by atoms with Crippen molar-refractivity contribution < 1.29 is 8.78 Å². The molecular weight excluding hydrogens is 276 g/mol. The number of aromatic nitrogens is 4. The van der Waals surface area contributed by atoms with E-state index in [4.69, 9.17) is 0 Å². The van der Waals surface area contributed by atoms with Crippen molar-refractivity contribution in [2.75, 3.05) is 5.32 Å². The fourth-order valence-corrected chi connectivity index (χ4v) is 2.21. The smallest absolute Gasteiger partial charge is 0.163 e. The van der Waals surface area contributed by atoms with Crippen LogP contribution in [0.3, 0.4) is 0 Å². The fraction of sp³-hybridized carbons (Fsp3) is 0.214. The Labute approximate surface area is 119 Å². The summed E-state index contributed by atoms with van der Waals surface area (Å²) in [6.07, 6.45) is 3.06. The van der Waals surface area contributed by atoms with E-state index in [9.17, 15) is 8.78 Å². The third kappa shape index (κ3) is 2.42. The van der Waals surface area contributed by atoms with Crippen molar-refractivity contribution in [2.24, 2.45) is 7.05 Å². The zero-order chi connectivity index (χ0) is 15.0. The number of hydrogen-bond acceptors (Lipinski definition) is 4. The first-order chi connectivity index (χ1) is 10.1. The molecule has 0 fully saturated rings. The standard InChI is InChI=1S/C14H13F2N5/c1-8(10-4-3-9(15)5-12(10)16)20-13-11-6-19-21(2)14(11)18-7-17-13/h3-8H,1-2H3,(H,17,18,20)/t8-/m1/s1. The van der Waals surface area contributed by atoms with Gasteiger partial charge in [-0.25, -0.2) is 18.7 Å². The predicted molar refractivity (Wildman–Crippen MR) is 74.7 cm³/mol. The minimum Gasteiger partial charge on any atom is -0.363 e. The monoisotopic (exact) mass is 289 g/mol. The molecule has 1 atom stereocenters. The second-order valence-corrected chi connectivity index (χ2v) is 4.76. The minimum absolute atomic E-state index is 0.368. The van der Waals surface area contributed by atoms with Gasteiger partial charge in [-0.2, -0.15) is 5.10 Å². The molecule has 0 radical (unpaired) electrons. The van der Waals surface area contributed by atoms with Gasteiger partial charge in [-0.3, -0.25) is 4.68 Å². The lowest BCUT2D eigenvalue weighted by atomic mass is 10.1. The maximum Gasteiger partial charge on any atom is 0.163 e. The van der Waals surface area contributed by atoms with Gasteiger partial charge < -0.3 is 5.32 Å². The number of halogens is 2. The van der Waals surface area contributed by atoms with Crippen LogP contribution >= 0.6 is 0 Å². The SMILES string of the molecule is C[C@@H](Nc1ncnc2c1cnn2C)c1ccc(F)cc1F. The van der Waals surface area contributed by atoms with Crippen molar-refractivity contribution in [2.45, 2.75) is 13.0 Å². The Morgan fingerprint density at radius 1 is 1.24 bits per heavy atom. The van der Waals surface area contributed by atoms with Crippen LogP contribution in [0.5, 0.6) is 0 Å². The molecule has 108 valence electrons. The van der Waals surface area contributed by atoms with Gasteiger partial charge in [0, 0.05) is 18.7 Å². The van der Waals surface area contributed by atoms with Crippen LogP contribution in [0.4, 0.5) is 14.6 Å². The summed E-state index contributed by atoms with van der Waals surface area (Å²) in [7, 11) is 1.78. The van der Waals surface area contributed by atoms with Crippen LogP contribution in [-0.4, -0.2) is 19.7 Å². The van der Waals surface area contributed by atoms with Gasteiger partial charge in [-0.05, 0) is 13.0 Å². The summed E-state index contributed by atoms with van der Waals surface area (Å²) >= 11 is 0. The molecule has 0 unspecified atom stereocenters. The zero-order valence-corrected chi connectivity index (χ0v) is 11.5. The quantitative estimate of drug-likeness (QED) is 0.805. The predicted octanol–water partition coefficient (Wildman–Crippen LogP) is 2.81. The molecule has 0 spiro atoms. The largest absolute Gasteiger partial charge is 0.363 e. The first-order valence-electron chi connectivity index (χ1n) is 6.40. The Kier molecular flexibility index (Phi) is 3.25. The molecule has 0 bridgehead atoms. The van der Waals surface area contributed by atoms with Crippen molar-refractivity contribution in [3.05, 3.63) is 47.9 Å². The molecule has 3 rings (SSSR count). The Hall–Kier alpha value is -2.57. The van der Waals surface area contributed by atoms with Crippen molar-refractivity contribution >= 4 is 16.9 Å². The molecule has 7 heteroatoms. The van der Waals surface area contributed by atoms with Gasteiger partial charge in [0.25, 0.3) is 0 Å². The Balaban J connectivity index is 1.94. The van der Waals surface area contributed by atoms with Crippen LogP contribution in [0.2, 0.25) is 0 Å². The fourth-order valence-electron chi connectivity index (χ4n) is 2.21. The van der Waals surface area contributed by atoms with E-state index in [0.717, 1.165) is 11.5 Å². The van der Waals surface area contributed by atoms with E-state index in [1.54, 1.807) is 24.9 Å². The first-order valence-corrected chi connectivity index (χ1v) is 6.40. The van der Waals surface area contributed by atoms with Gasteiger partial charge >= 0.3 is 0 Å². The molecule has 2 aromatic heterocycles. The summed E-state index contributed by atoms with van der Waals surface area (Å²) in [6, 6.07) is 3.15. The minimum atomic E-state index is -0.597. The highest BCUT2D eigenvalue weighted by Gasteiger charge is 2.15. The molecule has 1 aromatic carbocycles. The number of fused-ring (bicyclic) bond motifs is 1. The molecule has 0 amide bonds. The normalized spacial score (nSPS) is 12.6. The molecule has 1 N–H and O–H groups in total. The summed E-state index contributed by atoms with van der Waals surface area (Å²) in [5, 5.41) is 7.97. The summed E-state index contributed by atoms with van der Waals surface area (Å²) in [5.41, 5.74) is 1.05. The molecule has 21 heavy (non-hydrogen) atoms. The summed E-state index contributed by atoms with van der Waals surface area (Å²) < 4.78 is 28.4. The zero-order valence-electron chi connectivity index (χ0n) is 11.5. The number of aryl methyl sites for hydroxylation is 1. The lowest BCUT2D eigenvalue weighted by molar-refractivity contribution is 0.566. The van der Waals surface area contributed by atoms with Gasteiger partial charge in [-0.1, -0.05) is 6.07 Å². The Morgan fingerprint density at radius 2 is 2.05 bits per heavy atom. The number of rotatable bonds is 3. The van der Waals surface area contributed by atoms with Crippen LogP contribution in [0.15, 0.2) is 30.7 Å². The van der Waals surface area contributed by atoms with Crippen LogP contribution in [0.25, 0.3) is 11.0 Å². The molecule has 3 aromatic rings. The summed E-state index contributed by atoms with van der Waals surface area (Å²) in [6.45, 7) is 1.78. The molecule has 0 aliphatic carbocycles. The van der Waals surface area contributed by atoms with E-state index < -0.39 is 11.6 Å². The topological polar surface area (TPSA) is 55.6 Å². The van der Waals surface area contributed by atoms with E-state index >= 15 is 0 Å². The van der Waals surface area contributed by atoms with Crippen LogP contribution in [0.1, 0.15) is 18.5 Å². The molecule has 2 heterocycles. The number of nitrogens with one attached hydrogen (secondary N) is 1. The van der Waals surface area contributed by atoms with Crippen molar-refractivity contribution in [1.82, 2.24) is 19.7 Å². The molecule has 0 aliphatic heterocycles. The van der Waals surface area contributed by atoms with Crippen molar-refractivity contribution in [3.63, 3.8) is 0 Å². The first kappa shape index (κ1) is 13.4. The van der Waals surface area contributed by atoms with E-state index in [1.165, 1.54) is 18.5 Å². The third-order valence-corrected chi connectivity index (χ3v) is 3.31. The van der Waals surface area contributed by atoms with Crippen molar-refractivity contribution in [3.8, 4) is 0 Å². The van der Waals surface area contributed by atoms with Gasteiger partial charge in [-0.15, -0.1) is 0 Å². The highest BCUT2D eigenvalue weighted by Crippen LogP contribution is 2.25. The molecule has 0 saturated carbocycles. The average molecular weight is 289 g/mol. The molecular formula is C14H13F2N5. The van der Waals surface area contributed by atoms with Gasteiger partial charge in [0.2, 0.25) is 0 Å². The van der Waals surface area contributed by atoms with Crippen LogP contribution in [0, 0.1) is 11.6 Å². The lowest BCUT2D eigenvalue weighted by Crippen LogP contribution is -2.10. The third-order valence-electron chi connectivity index (χ3n) is 3.31. The number of nitrogens with zero attached hydrogens (tertiary/aromatic N) is 4.